The molecular formula is C23H29ClN6O. The van der Waals surface area contributed by atoms with Gasteiger partial charge < -0.3 is 9.80 Å². The lowest BCUT2D eigenvalue weighted by atomic mass is 9.91. The van der Waals surface area contributed by atoms with Crippen LogP contribution in [0.4, 0.5) is 5.95 Å². The third-order valence-corrected chi connectivity index (χ3v) is 7.05. The van der Waals surface area contributed by atoms with Crippen LogP contribution in [0.3, 0.4) is 0 Å². The van der Waals surface area contributed by atoms with Gasteiger partial charge in [0.25, 0.3) is 5.91 Å². The van der Waals surface area contributed by atoms with E-state index in [9.17, 15) is 4.79 Å². The van der Waals surface area contributed by atoms with Gasteiger partial charge in [0.2, 0.25) is 5.95 Å². The third-order valence-electron chi connectivity index (χ3n) is 6.86. The van der Waals surface area contributed by atoms with Crippen molar-refractivity contribution in [3.8, 4) is 0 Å². The zero-order chi connectivity index (χ0) is 21.4. The maximum Gasteiger partial charge on any atom is 0.254 e. The van der Waals surface area contributed by atoms with E-state index in [1.54, 1.807) is 12.1 Å². The number of hydrogen-bond acceptors (Lipinski definition) is 6. The summed E-state index contributed by atoms with van der Waals surface area (Å²) in [7, 11) is 0. The van der Waals surface area contributed by atoms with Crippen LogP contribution in [-0.2, 0) is 12.8 Å². The highest BCUT2D eigenvalue weighted by molar-refractivity contribution is 6.29. The van der Waals surface area contributed by atoms with Crippen LogP contribution in [0.2, 0.25) is 5.15 Å². The van der Waals surface area contributed by atoms with E-state index in [1.807, 2.05) is 18.0 Å². The minimum absolute atomic E-state index is 0.000468. The van der Waals surface area contributed by atoms with Crippen LogP contribution in [0.1, 0.15) is 46.6 Å². The van der Waals surface area contributed by atoms with E-state index in [1.165, 1.54) is 19.3 Å². The first-order valence-electron chi connectivity index (χ1n) is 11.3. The molecule has 5 rings (SSSR count). The highest BCUT2D eigenvalue weighted by Crippen LogP contribution is 2.26. The van der Waals surface area contributed by atoms with Crippen molar-refractivity contribution in [3.63, 3.8) is 0 Å². The number of carbonyl (C=O) groups excluding carboxylic acids is 1. The van der Waals surface area contributed by atoms with Gasteiger partial charge in [-0.05, 0) is 43.9 Å². The Morgan fingerprint density at radius 3 is 2.52 bits per heavy atom. The van der Waals surface area contributed by atoms with Crippen molar-refractivity contribution in [1.29, 1.82) is 0 Å². The fourth-order valence-corrected chi connectivity index (χ4v) is 5.04. The summed E-state index contributed by atoms with van der Waals surface area (Å²) >= 11 is 6.06. The second-order valence-electron chi connectivity index (χ2n) is 8.86. The van der Waals surface area contributed by atoms with Gasteiger partial charge in [-0.15, -0.1) is 0 Å². The largest absolute Gasteiger partial charge is 0.338 e. The molecule has 164 valence electrons. The number of fused-ring (bicyclic) bond motifs is 1. The first-order valence-corrected chi connectivity index (χ1v) is 11.7. The number of rotatable bonds is 3. The highest BCUT2D eigenvalue weighted by atomic mass is 35.5. The maximum atomic E-state index is 13.0. The van der Waals surface area contributed by atoms with E-state index >= 15 is 0 Å². The van der Waals surface area contributed by atoms with Crippen molar-refractivity contribution in [1.82, 2.24) is 24.8 Å². The van der Waals surface area contributed by atoms with Gasteiger partial charge in [0, 0.05) is 69.2 Å². The molecular weight excluding hydrogens is 412 g/mol. The zero-order valence-electron chi connectivity index (χ0n) is 18.1. The molecule has 0 aromatic carbocycles. The molecule has 1 saturated carbocycles. The number of nitrogens with zero attached hydrogens (tertiary/aromatic N) is 6. The molecule has 0 atom stereocenters. The van der Waals surface area contributed by atoms with Crippen LogP contribution in [0.5, 0.6) is 0 Å². The first-order chi connectivity index (χ1) is 15.1. The first kappa shape index (κ1) is 20.6. The fraction of sp³-hybridized carbons (Fsp3) is 0.565. The minimum Gasteiger partial charge on any atom is -0.338 e. The molecule has 31 heavy (non-hydrogen) atoms. The Labute approximate surface area is 188 Å². The molecule has 0 radical (unpaired) electrons. The Morgan fingerprint density at radius 1 is 1.03 bits per heavy atom. The van der Waals surface area contributed by atoms with Gasteiger partial charge in [0.05, 0.1) is 5.69 Å². The van der Waals surface area contributed by atoms with Crippen molar-refractivity contribution in [2.24, 2.45) is 0 Å². The van der Waals surface area contributed by atoms with Crippen LogP contribution < -0.4 is 4.90 Å². The van der Waals surface area contributed by atoms with Crippen molar-refractivity contribution in [3.05, 3.63) is 46.0 Å². The van der Waals surface area contributed by atoms with Gasteiger partial charge in [-0.3, -0.25) is 9.69 Å². The molecule has 2 aromatic rings. The lowest BCUT2D eigenvalue weighted by Crippen LogP contribution is -2.52. The Kier molecular flexibility index (Phi) is 5.80. The van der Waals surface area contributed by atoms with Crippen LogP contribution in [-0.4, -0.2) is 76.0 Å². The molecule has 1 aliphatic carbocycles. The Morgan fingerprint density at radius 2 is 1.81 bits per heavy atom. The van der Waals surface area contributed by atoms with Gasteiger partial charge in [0.1, 0.15) is 5.15 Å². The lowest BCUT2D eigenvalue weighted by molar-refractivity contribution is 0.0762. The Bertz CT molecular complexity index is 950. The number of anilines is 1. The molecule has 1 saturated heterocycles. The lowest BCUT2D eigenvalue weighted by Gasteiger charge is -2.43. The monoisotopic (exact) mass is 440 g/mol. The predicted molar refractivity (Wildman–Crippen MR) is 121 cm³/mol. The summed E-state index contributed by atoms with van der Waals surface area (Å²) < 4.78 is 0. The zero-order valence-corrected chi connectivity index (χ0v) is 18.8. The van der Waals surface area contributed by atoms with Gasteiger partial charge in [-0.25, -0.2) is 15.0 Å². The van der Waals surface area contributed by atoms with Crippen LogP contribution in [0.25, 0.3) is 0 Å². The van der Waals surface area contributed by atoms with E-state index in [2.05, 4.69) is 19.8 Å². The number of amides is 1. The van der Waals surface area contributed by atoms with Gasteiger partial charge in [-0.2, -0.15) is 0 Å². The summed E-state index contributed by atoms with van der Waals surface area (Å²) in [6.07, 6.45) is 7.58. The Hall–Kier alpha value is -2.25. The van der Waals surface area contributed by atoms with Gasteiger partial charge >= 0.3 is 0 Å². The molecule has 2 aliphatic heterocycles. The average molecular weight is 441 g/mol. The predicted octanol–water partition coefficient (Wildman–Crippen LogP) is 2.75. The summed E-state index contributed by atoms with van der Waals surface area (Å²) in [5.74, 6) is 0.837. The van der Waals surface area contributed by atoms with Crippen LogP contribution in [0.15, 0.2) is 18.3 Å². The van der Waals surface area contributed by atoms with Crippen molar-refractivity contribution < 1.29 is 4.79 Å². The molecule has 0 unspecified atom stereocenters. The second kappa shape index (κ2) is 8.71. The SMILES string of the molecule is Cc1cc(C(=O)N2CCc3cnc(N4CCN(C5CCC5)CC4)nc3CC2)cc(Cl)n1. The number of hydrogen-bond donors (Lipinski definition) is 0. The molecule has 0 bridgehead atoms. The summed E-state index contributed by atoms with van der Waals surface area (Å²) in [6, 6.07) is 4.25. The van der Waals surface area contributed by atoms with Gasteiger partial charge in [-0.1, -0.05) is 18.0 Å². The van der Waals surface area contributed by atoms with Crippen molar-refractivity contribution in [2.45, 2.75) is 45.1 Å². The van der Waals surface area contributed by atoms with Crippen LogP contribution in [0, 0.1) is 6.92 Å². The summed E-state index contributed by atoms with van der Waals surface area (Å²) in [5, 5.41) is 0.356. The third kappa shape index (κ3) is 4.39. The number of halogens is 1. The average Bonchev–Trinajstić information content (AvgIpc) is 2.94. The number of pyridine rings is 1. The molecule has 3 aliphatic rings. The quantitative estimate of drug-likeness (QED) is 0.684. The van der Waals surface area contributed by atoms with Crippen molar-refractivity contribution in [2.75, 3.05) is 44.2 Å². The Balaban J connectivity index is 1.24. The molecule has 7 nitrogen and oxygen atoms in total. The van der Waals surface area contributed by atoms with E-state index in [4.69, 9.17) is 16.6 Å². The minimum atomic E-state index is 0.000468. The maximum absolute atomic E-state index is 13.0. The molecule has 2 fully saturated rings. The van der Waals surface area contributed by atoms with E-state index < -0.39 is 0 Å². The van der Waals surface area contributed by atoms with E-state index in [0.29, 0.717) is 23.8 Å². The second-order valence-corrected chi connectivity index (χ2v) is 9.25. The molecule has 1 amide bonds. The number of piperazine rings is 1. The molecule has 0 spiro atoms. The molecule has 2 aromatic heterocycles. The fourth-order valence-electron chi connectivity index (χ4n) is 4.79. The van der Waals surface area contributed by atoms with E-state index in [-0.39, 0.29) is 5.91 Å². The summed E-state index contributed by atoms with van der Waals surface area (Å²) in [4.78, 5) is 33.6. The normalized spacial score (nSPS) is 20.2. The molecule has 0 N–H and O–H groups in total. The standard InChI is InChI=1S/C23H29ClN6O/c1-16-13-18(14-21(24)26-16)22(31)29-7-5-17-15-25-23(27-20(17)6-8-29)30-11-9-28(10-12-30)19-3-2-4-19/h13-15,19H,2-12H2,1H3. The highest BCUT2D eigenvalue weighted by Gasteiger charge is 2.29. The van der Waals surface area contributed by atoms with Crippen molar-refractivity contribution >= 4 is 23.5 Å². The topological polar surface area (TPSA) is 65.5 Å². The summed E-state index contributed by atoms with van der Waals surface area (Å²) in [6.45, 7) is 7.33. The number of aromatic nitrogens is 3. The number of carbonyl (C=O) groups is 1. The van der Waals surface area contributed by atoms with Crippen LogP contribution >= 0.6 is 11.6 Å². The van der Waals surface area contributed by atoms with E-state index in [0.717, 1.165) is 68.0 Å². The summed E-state index contributed by atoms with van der Waals surface area (Å²) in [5.41, 5.74) is 3.57. The number of aryl methyl sites for hydroxylation is 1. The molecule has 8 heteroatoms. The smallest absolute Gasteiger partial charge is 0.254 e. The van der Waals surface area contributed by atoms with Gasteiger partial charge in [0.15, 0.2) is 0 Å². The molecule has 4 heterocycles.